The SMILES string of the molecule is CCOc1ccc(-n2c(C)cc(/C=C3\SC(=Nc4ccc(OC)cc4)NC3=O)c2C)cc1. The number of hydrogen-bond acceptors (Lipinski definition) is 5. The van der Waals surface area contributed by atoms with Crippen LogP contribution in [0.25, 0.3) is 11.8 Å². The van der Waals surface area contributed by atoms with Gasteiger partial charge in [0, 0.05) is 17.1 Å². The number of amides is 1. The van der Waals surface area contributed by atoms with Gasteiger partial charge in [0.05, 0.1) is 24.3 Å². The van der Waals surface area contributed by atoms with Gasteiger partial charge in [0.15, 0.2) is 5.17 Å². The summed E-state index contributed by atoms with van der Waals surface area (Å²) in [5.41, 5.74) is 4.96. The van der Waals surface area contributed by atoms with Crippen molar-refractivity contribution in [2.75, 3.05) is 13.7 Å². The Balaban J connectivity index is 1.58. The van der Waals surface area contributed by atoms with Crippen LogP contribution >= 0.6 is 11.8 Å². The van der Waals surface area contributed by atoms with E-state index in [0.717, 1.165) is 39.8 Å². The van der Waals surface area contributed by atoms with E-state index in [4.69, 9.17) is 9.47 Å². The smallest absolute Gasteiger partial charge is 0.264 e. The average molecular weight is 448 g/mol. The fourth-order valence-corrected chi connectivity index (χ4v) is 4.42. The third-order valence-electron chi connectivity index (χ3n) is 5.12. The van der Waals surface area contributed by atoms with Crippen molar-refractivity contribution in [3.8, 4) is 17.2 Å². The van der Waals surface area contributed by atoms with Crippen molar-refractivity contribution in [1.29, 1.82) is 0 Å². The topological polar surface area (TPSA) is 64.8 Å². The molecule has 32 heavy (non-hydrogen) atoms. The van der Waals surface area contributed by atoms with Crippen LogP contribution in [0.4, 0.5) is 5.69 Å². The Hall–Kier alpha value is -3.45. The number of aryl methyl sites for hydroxylation is 1. The summed E-state index contributed by atoms with van der Waals surface area (Å²) in [6, 6.07) is 17.5. The molecule has 1 aromatic heterocycles. The number of ether oxygens (including phenoxy) is 2. The highest BCUT2D eigenvalue weighted by Crippen LogP contribution is 2.31. The lowest BCUT2D eigenvalue weighted by molar-refractivity contribution is -0.115. The van der Waals surface area contributed by atoms with Crippen molar-refractivity contribution < 1.29 is 14.3 Å². The molecule has 1 N–H and O–H groups in total. The number of nitrogens with one attached hydrogen (secondary N) is 1. The Bertz CT molecular complexity index is 1190. The average Bonchev–Trinajstić information content (AvgIpc) is 3.27. The van der Waals surface area contributed by atoms with Gasteiger partial charge in [-0.05, 0) is 98.8 Å². The lowest BCUT2D eigenvalue weighted by atomic mass is 10.2. The monoisotopic (exact) mass is 447 g/mol. The van der Waals surface area contributed by atoms with Gasteiger partial charge in [-0.2, -0.15) is 0 Å². The van der Waals surface area contributed by atoms with Crippen molar-refractivity contribution in [2.24, 2.45) is 4.99 Å². The lowest BCUT2D eigenvalue weighted by Crippen LogP contribution is -2.19. The number of carbonyl (C=O) groups is 1. The Morgan fingerprint density at radius 2 is 1.75 bits per heavy atom. The first kappa shape index (κ1) is 21.8. The molecular formula is C25H25N3O3S. The second-order valence-electron chi connectivity index (χ2n) is 7.27. The molecule has 6 nitrogen and oxygen atoms in total. The minimum absolute atomic E-state index is 0.145. The maximum Gasteiger partial charge on any atom is 0.264 e. The molecule has 1 aliphatic heterocycles. The molecule has 0 bridgehead atoms. The van der Waals surface area contributed by atoms with Crippen LogP contribution in [-0.2, 0) is 4.79 Å². The van der Waals surface area contributed by atoms with Gasteiger partial charge in [-0.15, -0.1) is 0 Å². The van der Waals surface area contributed by atoms with Crippen LogP contribution in [0.2, 0.25) is 0 Å². The third kappa shape index (κ3) is 4.57. The number of benzene rings is 2. The van der Waals surface area contributed by atoms with E-state index >= 15 is 0 Å². The van der Waals surface area contributed by atoms with Gasteiger partial charge in [-0.25, -0.2) is 4.99 Å². The number of aromatic nitrogens is 1. The zero-order chi connectivity index (χ0) is 22.7. The number of hydrogen-bond donors (Lipinski definition) is 1. The second kappa shape index (κ2) is 9.36. The van der Waals surface area contributed by atoms with E-state index in [1.54, 1.807) is 7.11 Å². The van der Waals surface area contributed by atoms with Gasteiger partial charge in [0.25, 0.3) is 5.91 Å². The summed E-state index contributed by atoms with van der Waals surface area (Å²) in [6.45, 7) is 6.73. The van der Waals surface area contributed by atoms with Crippen LogP contribution in [0.3, 0.4) is 0 Å². The van der Waals surface area contributed by atoms with Gasteiger partial charge in [-0.3, -0.25) is 4.79 Å². The molecule has 0 unspecified atom stereocenters. The van der Waals surface area contributed by atoms with Crippen LogP contribution in [-0.4, -0.2) is 29.4 Å². The molecule has 0 radical (unpaired) electrons. The number of nitrogens with zero attached hydrogens (tertiary/aromatic N) is 2. The molecule has 0 spiro atoms. The maximum atomic E-state index is 12.5. The van der Waals surface area contributed by atoms with Crippen molar-refractivity contribution in [1.82, 2.24) is 9.88 Å². The molecule has 1 fully saturated rings. The summed E-state index contributed by atoms with van der Waals surface area (Å²) in [4.78, 5) is 17.7. The number of thioether (sulfide) groups is 1. The molecule has 7 heteroatoms. The summed E-state index contributed by atoms with van der Waals surface area (Å²) in [5.74, 6) is 1.47. The fraction of sp³-hybridized carbons (Fsp3) is 0.200. The molecule has 0 aliphatic carbocycles. The highest BCUT2D eigenvalue weighted by Gasteiger charge is 2.24. The van der Waals surface area contributed by atoms with E-state index in [-0.39, 0.29) is 5.91 Å². The summed E-state index contributed by atoms with van der Waals surface area (Å²) in [6.07, 6.45) is 1.92. The van der Waals surface area contributed by atoms with E-state index in [2.05, 4.69) is 34.8 Å². The molecule has 0 saturated carbocycles. The Morgan fingerprint density at radius 1 is 1.06 bits per heavy atom. The first-order valence-corrected chi connectivity index (χ1v) is 11.2. The molecule has 3 aromatic rings. The van der Waals surface area contributed by atoms with Gasteiger partial charge in [0.2, 0.25) is 0 Å². The largest absolute Gasteiger partial charge is 0.497 e. The minimum Gasteiger partial charge on any atom is -0.497 e. The molecule has 1 amide bonds. The Labute approximate surface area is 192 Å². The van der Waals surface area contributed by atoms with Crippen molar-refractivity contribution in [2.45, 2.75) is 20.8 Å². The molecular weight excluding hydrogens is 422 g/mol. The number of methoxy groups -OCH3 is 1. The van der Waals surface area contributed by atoms with E-state index in [1.807, 2.05) is 61.5 Å². The highest BCUT2D eigenvalue weighted by atomic mass is 32.2. The van der Waals surface area contributed by atoms with Crippen LogP contribution in [0, 0.1) is 13.8 Å². The van der Waals surface area contributed by atoms with E-state index < -0.39 is 0 Å². The number of rotatable bonds is 6. The summed E-state index contributed by atoms with van der Waals surface area (Å²) in [7, 11) is 1.62. The van der Waals surface area contributed by atoms with Gasteiger partial charge in [-0.1, -0.05) is 0 Å². The second-order valence-corrected chi connectivity index (χ2v) is 8.30. The fourth-order valence-electron chi connectivity index (χ4n) is 3.58. The first-order valence-electron chi connectivity index (χ1n) is 10.3. The van der Waals surface area contributed by atoms with E-state index in [1.165, 1.54) is 11.8 Å². The third-order valence-corrected chi connectivity index (χ3v) is 6.03. The summed E-state index contributed by atoms with van der Waals surface area (Å²) >= 11 is 1.34. The maximum absolute atomic E-state index is 12.5. The van der Waals surface area contributed by atoms with Crippen LogP contribution in [0.1, 0.15) is 23.9 Å². The lowest BCUT2D eigenvalue weighted by Gasteiger charge is -2.11. The van der Waals surface area contributed by atoms with Crippen LogP contribution in [0.5, 0.6) is 11.5 Å². The zero-order valence-electron chi connectivity index (χ0n) is 18.5. The van der Waals surface area contributed by atoms with Gasteiger partial charge in [0.1, 0.15) is 11.5 Å². The van der Waals surface area contributed by atoms with E-state index in [9.17, 15) is 4.79 Å². The molecule has 1 aliphatic rings. The number of amidine groups is 1. The van der Waals surface area contributed by atoms with Crippen molar-refractivity contribution in [3.63, 3.8) is 0 Å². The quantitative estimate of drug-likeness (QED) is 0.515. The molecule has 2 aromatic carbocycles. The van der Waals surface area contributed by atoms with Crippen molar-refractivity contribution in [3.05, 3.63) is 76.5 Å². The van der Waals surface area contributed by atoms with E-state index in [0.29, 0.717) is 16.7 Å². The predicted octanol–water partition coefficient (Wildman–Crippen LogP) is 5.39. The molecule has 164 valence electrons. The Kier molecular flexibility index (Phi) is 6.37. The summed E-state index contributed by atoms with van der Waals surface area (Å²) in [5, 5.41) is 3.41. The van der Waals surface area contributed by atoms with Gasteiger partial charge >= 0.3 is 0 Å². The highest BCUT2D eigenvalue weighted by molar-refractivity contribution is 8.18. The van der Waals surface area contributed by atoms with Gasteiger partial charge < -0.3 is 19.4 Å². The predicted molar refractivity (Wildman–Crippen MR) is 130 cm³/mol. The molecule has 0 atom stereocenters. The molecule has 4 rings (SSSR count). The zero-order valence-corrected chi connectivity index (χ0v) is 19.3. The molecule has 1 saturated heterocycles. The first-order chi connectivity index (χ1) is 15.5. The minimum atomic E-state index is -0.145. The van der Waals surface area contributed by atoms with Crippen molar-refractivity contribution >= 4 is 34.6 Å². The standard InChI is InChI=1S/C25H25N3O3S/c1-5-31-22-12-8-20(9-13-22)28-16(2)14-18(17(28)3)15-23-24(29)27-25(32-23)26-19-6-10-21(30-4)11-7-19/h6-15H,5H2,1-4H3,(H,26,27,29)/b23-15-. The normalized spacial score (nSPS) is 15.9. The molecule has 2 heterocycles. The van der Waals surface area contributed by atoms with Crippen LogP contribution in [0.15, 0.2) is 64.5 Å². The summed E-state index contributed by atoms with van der Waals surface area (Å²) < 4.78 is 12.9. The Morgan fingerprint density at radius 3 is 2.41 bits per heavy atom. The van der Waals surface area contributed by atoms with Crippen LogP contribution < -0.4 is 14.8 Å². The number of carbonyl (C=O) groups excluding carboxylic acids is 1. The number of aliphatic imine (C=N–C) groups is 1.